The van der Waals surface area contributed by atoms with E-state index in [2.05, 4.69) is 25.6 Å². The molecule has 0 saturated heterocycles. The number of carbonyl (C=O) groups excluding carboxylic acids is 1. The van der Waals surface area contributed by atoms with Gasteiger partial charge in [0, 0.05) is 23.5 Å². The predicted molar refractivity (Wildman–Crippen MR) is 110 cm³/mol. The molecule has 0 spiro atoms. The van der Waals surface area contributed by atoms with Gasteiger partial charge in [-0.05, 0) is 49.2 Å². The summed E-state index contributed by atoms with van der Waals surface area (Å²) >= 11 is -2.02. The molecule has 5 N–H and O–H groups in total. The van der Waals surface area contributed by atoms with Crippen LogP contribution in [0.5, 0.6) is 0 Å². The Balaban J connectivity index is 1.50. The highest BCUT2D eigenvalue weighted by Crippen LogP contribution is 2.50. The number of nitrogen functional groups attached to an aromatic ring is 1. The summed E-state index contributed by atoms with van der Waals surface area (Å²) in [6.45, 7) is 0. The number of anilines is 3. The summed E-state index contributed by atoms with van der Waals surface area (Å²) in [4.78, 5) is 24.8. The van der Waals surface area contributed by atoms with Crippen molar-refractivity contribution in [1.82, 2.24) is 15.0 Å². The Kier molecular flexibility index (Phi) is 4.95. The number of hydrogen-bond donors (Lipinski definition) is 4. The fourth-order valence-electron chi connectivity index (χ4n) is 2.88. The van der Waals surface area contributed by atoms with Crippen LogP contribution in [0.25, 0.3) is 11.4 Å². The molecule has 1 saturated carbocycles. The van der Waals surface area contributed by atoms with Crippen LogP contribution < -0.4 is 16.4 Å². The second-order valence-electron chi connectivity index (χ2n) is 6.62. The summed E-state index contributed by atoms with van der Waals surface area (Å²) in [5, 5.41) is 5.34. The molecule has 148 valence electrons. The first kappa shape index (κ1) is 19.0. The second-order valence-corrected chi connectivity index (χ2v) is 7.90. The molecular formula is C19H18N6O3S. The number of nitrogens with one attached hydrogen (secondary N) is 2. The van der Waals surface area contributed by atoms with Gasteiger partial charge in [0.2, 0.25) is 0 Å². The lowest BCUT2D eigenvalue weighted by atomic mass is 10.1. The van der Waals surface area contributed by atoms with E-state index in [-0.39, 0.29) is 5.82 Å². The monoisotopic (exact) mass is 410 g/mol. The number of nitrogens with two attached hydrogens (primary N) is 1. The van der Waals surface area contributed by atoms with E-state index in [9.17, 15) is 13.6 Å². The molecule has 1 aliphatic carbocycles. The van der Waals surface area contributed by atoms with Gasteiger partial charge < -0.3 is 15.6 Å². The van der Waals surface area contributed by atoms with Crippen molar-refractivity contribution in [2.24, 2.45) is 0 Å². The fourth-order valence-corrected chi connectivity index (χ4v) is 3.62. The topological polar surface area (TPSA) is 143 Å². The number of amides is 2. The van der Waals surface area contributed by atoms with Gasteiger partial charge in [0.1, 0.15) is 16.4 Å². The van der Waals surface area contributed by atoms with E-state index in [4.69, 9.17) is 5.73 Å². The zero-order valence-electron chi connectivity index (χ0n) is 15.2. The largest absolute Gasteiger partial charge is 0.384 e. The molecule has 4 rings (SSSR count). The van der Waals surface area contributed by atoms with Gasteiger partial charge in [-0.2, -0.15) is 0 Å². The van der Waals surface area contributed by atoms with Crippen LogP contribution in [0.3, 0.4) is 0 Å². The zero-order valence-corrected chi connectivity index (χ0v) is 16.0. The van der Waals surface area contributed by atoms with Crippen molar-refractivity contribution < 1.29 is 13.6 Å². The molecule has 0 bridgehead atoms. The van der Waals surface area contributed by atoms with Gasteiger partial charge in [-0.3, -0.25) is 5.32 Å². The molecule has 1 aromatic carbocycles. The average Bonchev–Trinajstić information content (AvgIpc) is 3.51. The quantitative estimate of drug-likeness (QED) is 0.473. The van der Waals surface area contributed by atoms with E-state index in [1.54, 1.807) is 54.7 Å². The summed E-state index contributed by atoms with van der Waals surface area (Å²) in [6, 6.07) is 13.2. The predicted octanol–water partition coefficient (Wildman–Crippen LogP) is 2.98. The Labute approximate surface area is 169 Å². The van der Waals surface area contributed by atoms with Crippen molar-refractivity contribution in [1.29, 1.82) is 0 Å². The summed E-state index contributed by atoms with van der Waals surface area (Å²) in [7, 11) is 0. The molecule has 9 nitrogen and oxygen atoms in total. The van der Waals surface area contributed by atoms with E-state index in [0.29, 0.717) is 41.4 Å². The Morgan fingerprint density at radius 1 is 1.10 bits per heavy atom. The van der Waals surface area contributed by atoms with Gasteiger partial charge >= 0.3 is 6.03 Å². The van der Waals surface area contributed by atoms with Gasteiger partial charge in [-0.1, -0.05) is 6.07 Å². The summed E-state index contributed by atoms with van der Waals surface area (Å²) in [5.41, 5.74) is 7.60. The second kappa shape index (κ2) is 7.57. The van der Waals surface area contributed by atoms with E-state index >= 15 is 0 Å². The first-order valence-electron chi connectivity index (χ1n) is 8.82. The summed E-state index contributed by atoms with van der Waals surface area (Å²) < 4.78 is 20.4. The van der Waals surface area contributed by atoms with Gasteiger partial charge in [0.15, 0.2) is 16.9 Å². The smallest absolute Gasteiger partial charge is 0.324 e. The number of pyridine rings is 1. The lowest BCUT2D eigenvalue weighted by molar-refractivity contribution is 0.262. The summed E-state index contributed by atoms with van der Waals surface area (Å²) in [5.74, 6) is 1.04. The van der Waals surface area contributed by atoms with Crippen molar-refractivity contribution >= 4 is 34.4 Å². The molecule has 2 heterocycles. The fraction of sp³-hybridized carbons (Fsp3) is 0.158. The third kappa shape index (κ3) is 4.08. The Morgan fingerprint density at radius 3 is 2.48 bits per heavy atom. The van der Waals surface area contributed by atoms with Crippen LogP contribution in [0.1, 0.15) is 18.5 Å². The minimum atomic E-state index is -2.02. The molecule has 2 amide bonds. The zero-order chi connectivity index (χ0) is 20.4. The third-order valence-corrected chi connectivity index (χ3v) is 5.84. The number of benzene rings is 1. The Bertz CT molecular complexity index is 1070. The number of hydrogen-bond acceptors (Lipinski definition) is 6. The van der Waals surface area contributed by atoms with Gasteiger partial charge in [-0.15, -0.1) is 0 Å². The van der Waals surface area contributed by atoms with E-state index in [1.807, 2.05) is 0 Å². The van der Waals surface area contributed by atoms with Crippen molar-refractivity contribution in [3.05, 3.63) is 60.4 Å². The molecule has 1 fully saturated rings. The first-order valence-corrected chi connectivity index (χ1v) is 9.92. The highest BCUT2D eigenvalue weighted by atomic mass is 32.2. The van der Waals surface area contributed by atoms with Gasteiger partial charge in [0.25, 0.3) is 0 Å². The van der Waals surface area contributed by atoms with Crippen LogP contribution in [0.15, 0.2) is 54.7 Å². The molecule has 0 radical (unpaired) electrons. The minimum absolute atomic E-state index is 0.235. The number of rotatable bonds is 5. The highest BCUT2D eigenvalue weighted by molar-refractivity contribution is 7.80. The van der Waals surface area contributed by atoms with Gasteiger partial charge in [0.05, 0.1) is 5.69 Å². The van der Waals surface area contributed by atoms with E-state index in [0.717, 1.165) is 0 Å². The number of nitrogens with zero attached hydrogens (tertiary/aromatic N) is 3. The Hall–Kier alpha value is -3.37. The minimum Gasteiger partial charge on any atom is -0.384 e. The number of urea groups is 1. The van der Waals surface area contributed by atoms with Crippen molar-refractivity contribution in [2.45, 2.75) is 17.6 Å². The summed E-state index contributed by atoms with van der Waals surface area (Å²) in [6.07, 6.45) is 2.75. The van der Waals surface area contributed by atoms with Crippen molar-refractivity contribution in [3.63, 3.8) is 0 Å². The third-order valence-electron chi connectivity index (χ3n) is 4.56. The lowest BCUT2D eigenvalue weighted by Crippen LogP contribution is -2.19. The molecule has 2 aromatic heterocycles. The molecular weight excluding hydrogens is 392 g/mol. The van der Waals surface area contributed by atoms with Gasteiger partial charge in [-0.25, -0.2) is 24.0 Å². The maximum absolute atomic E-state index is 12.1. The molecule has 1 unspecified atom stereocenters. The van der Waals surface area contributed by atoms with Crippen molar-refractivity contribution in [3.8, 4) is 11.4 Å². The van der Waals surface area contributed by atoms with E-state index < -0.39 is 21.9 Å². The standard InChI is InChI=1S/C19H18N6O3S/c20-15-11-14(19(8-9-19)29(27)28)23-17(24-15)12-4-6-13(7-5-12)22-18(26)25-16-3-1-2-10-21-16/h1-7,10-11H,8-9H2,(H,27,28)(H2,20,23,24)(H2,21,22,25,26). The van der Waals surface area contributed by atoms with Crippen LogP contribution in [0.2, 0.25) is 0 Å². The van der Waals surface area contributed by atoms with Crippen molar-refractivity contribution in [2.75, 3.05) is 16.4 Å². The SMILES string of the molecule is Nc1cc(C2(S(=O)O)CC2)nc(-c2ccc(NC(=O)Nc3ccccn3)cc2)n1. The van der Waals surface area contributed by atoms with Crippen LogP contribution >= 0.6 is 0 Å². The van der Waals surface area contributed by atoms with Crippen LogP contribution in [0.4, 0.5) is 22.1 Å². The lowest BCUT2D eigenvalue weighted by Gasteiger charge is -2.12. The van der Waals surface area contributed by atoms with Crippen LogP contribution in [0, 0.1) is 0 Å². The maximum Gasteiger partial charge on any atom is 0.324 e. The maximum atomic E-state index is 12.1. The van der Waals surface area contributed by atoms with Crippen LogP contribution in [-0.2, 0) is 15.8 Å². The molecule has 0 aliphatic heterocycles. The highest BCUT2D eigenvalue weighted by Gasteiger charge is 2.52. The molecule has 1 atom stereocenters. The Morgan fingerprint density at radius 2 is 1.86 bits per heavy atom. The number of aromatic nitrogens is 3. The van der Waals surface area contributed by atoms with E-state index in [1.165, 1.54) is 0 Å². The molecule has 1 aliphatic rings. The van der Waals surface area contributed by atoms with Crippen LogP contribution in [-0.4, -0.2) is 29.7 Å². The number of carbonyl (C=O) groups is 1. The average molecular weight is 410 g/mol. The molecule has 29 heavy (non-hydrogen) atoms. The first-order chi connectivity index (χ1) is 14.0. The molecule has 10 heteroatoms. The molecule has 3 aromatic rings. The normalized spacial score (nSPS) is 15.3.